The molecule has 0 fully saturated rings. The third-order valence-corrected chi connectivity index (χ3v) is 6.81. The molecule has 0 aliphatic rings. The summed E-state index contributed by atoms with van der Waals surface area (Å²) in [7, 11) is -3.38. The molecule has 2 aromatic carbocycles. The summed E-state index contributed by atoms with van der Waals surface area (Å²) in [6.07, 6.45) is 0. The molecule has 0 atom stereocenters. The van der Waals surface area contributed by atoms with Gasteiger partial charge >= 0.3 is 0 Å². The summed E-state index contributed by atoms with van der Waals surface area (Å²) >= 11 is 1.42. The van der Waals surface area contributed by atoms with Crippen LogP contribution in [-0.4, -0.2) is 26.6 Å². The van der Waals surface area contributed by atoms with Crippen LogP contribution >= 0.6 is 11.3 Å². The van der Waals surface area contributed by atoms with Crippen LogP contribution in [0, 0.1) is 6.92 Å². The van der Waals surface area contributed by atoms with Crippen LogP contribution in [0.15, 0.2) is 59.5 Å². The first kappa shape index (κ1) is 16.7. The summed E-state index contributed by atoms with van der Waals surface area (Å²) < 4.78 is 25.5. The van der Waals surface area contributed by atoms with Crippen LogP contribution in [0.2, 0.25) is 0 Å². The zero-order valence-electron chi connectivity index (χ0n) is 13.2. The van der Waals surface area contributed by atoms with Crippen molar-refractivity contribution >= 4 is 37.2 Å². The standard InChI is InChI=1S/C18H17NO3S2/c1-13-15-9-5-6-10-16(15)23-17(13)18(20)19-11-12-24(21,22)14-7-3-2-4-8-14/h2-10H,11-12H2,1H3,(H,19,20). The molecule has 3 aromatic rings. The Labute approximate surface area is 145 Å². The maximum absolute atomic E-state index is 12.4. The van der Waals surface area contributed by atoms with Crippen molar-refractivity contribution in [1.29, 1.82) is 0 Å². The predicted molar refractivity (Wildman–Crippen MR) is 97.4 cm³/mol. The molecule has 1 amide bonds. The minimum Gasteiger partial charge on any atom is -0.350 e. The van der Waals surface area contributed by atoms with Crippen LogP contribution in [0.1, 0.15) is 15.2 Å². The van der Waals surface area contributed by atoms with Crippen molar-refractivity contribution < 1.29 is 13.2 Å². The van der Waals surface area contributed by atoms with Gasteiger partial charge in [-0.25, -0.2) is 8.42 Å². The fourth-order valence-electron chi connectivity index (χ4n) is 2.52. The second-order valence-corrected chi connectivity index (χ2v) is 8.60. The van der Waals surface area contributed by atoms with E-state index in [2.05, 4.69) is 5.32 Å². The molecule has 24 heavy (non-hydrogen) atoms. The van der Waals surface area contributed by atoms with Crippen molar-refractivity contribution in [3.63, 3.8) is 0 Å². The van der Waals surface area contributed by atoms with E-state index in [4.69, 9.17) is 0 Å². The lowest BCUT2D eigenvalue weighted by Crippen LogP contribution is -2.29. The van der Waals surface area contributed by atoms with Gasteiger partial charge in [0.25, 0.3) is 5.91 Å². The van der Waals surface area contributed by atoms with E-state index < -0.39 is 9.84 Å². The number of sulfone groups is 1. The summed E-state index contributed by atoms with van der Waals surface area (Å²) in [5.74, 6) is -0.343. The molecule has 0 radical (unpaired) electrons. The molecule has 0 saturated carbocycles. The summed E-state index contributed by atoms with van der Waals surface area (Å²) in [6.45, 7) is 2.00. The Morgan fingerprint density at radius 1 is 1.04 bits per heavy atom. The Morgan fingerprint density at radius 2 is 1.71 bits per heavy atom. The SMILES string of the molecule is Cc1c(C(=O)NCCS(=O)(=O)c2ccccc2)sc2ccccc12. The van der Waals surface area contributed by atoms with E-state index in [0.29, 0.717) is 4.88 Å². The smallest absolute Gasteiger partial charge is 0.261 e. The fraction of sp³-hybridized carbons (Fsp3) is 0.167. The van der Waals surface area contributed by atoms with Crippen molar-refractivity contribution in [3.8, 4) is 0 Å². The van der Waals surface area contributed by atoms with E-state index in [1.807, 2.05) is 31.2 Å². The van der Waals surface area contributed by atoms with E-state index in [-0.39, 0.29) is 23.1 Å². The lowest BCUT2D eigenvalue weighted by Gasteiger charge is -2.06. The van der Waals surface area contributed by atoms with Gasteiger partial charge < -0.3 is 5.32 Å². The normalized spacial score (nSPS) is 11.5. The van der Waals surface area contributed by atoms with E-state index in [1.165, 1.54) is 11.3 Å². The predicted octanol–water partition coefficient (Wildman–Crippen LogP) is 3.41. The van der Waals surface area contributed by atoms with Crippen molar-refractivity contribution in [2.75, 3.05) is 12.3 Å². The molecule has 1 N–H and O–H groups in total. The Balaban J connectivity index is 1.68. The molecule has 0 spiro atoms. The van der Waals surface area contributed by atoms with E-state index in [0.717, 1.165) is 15.6 Å². The average Bonchev–Trinajstić information content (AvgIpc) is 2.93. The summed E-state index contributed by atoms with van der Waals surface area (Å²) in [5, 5.41) is 3.78. The number of amides is 1. The highest BCUT2D eigenvalue weighted by Gasteiger charge is 2.17. The van der Waals surface area contributed by atoms with Crippen LogP contribution in [0.25, 0.3) is 10.1 Å². The molecule has 3 rings (SSSR count). The Hall–Kier alpha value is -2.18. The first-order chi connectivity index (χ1) is 11.5. The van der Waals surface area contributed by atoms with Crippen LogP contribution in [0.5, 0.6) is 0 Å². The second-order valence-electron chi connectivity index (χ2n) is 5.44. The first-order valence-electron chi connectivity index (χ1n) is 7.53. The van der Waals surface area contributed by atoms with Crippen LogP contribution < -0.4 is 5.32 Å². The molecule has 124 valence electrons. The largest absolute Gasteiger partial charge is 0.350 e. The Kier molecular flexibility index (Phi) is 4.69. The van der Waals surface area contributed by atoms with Gasteiger partial charge in [-0.2, -0.15) is 0 Å². The number of benzene rings is 2. The number of aryl methyl sites for hydroxylation is 1. The Morgan fingerprint density at radius 3 is 2.42 bits per heavy atom. The fourth-order valence-corrected chi connectivity index (χ4v) is 4.82. The molecule has 0 saturated heterocycles. The number of fused-ring (bicyclic) bond motifs is 1. The van der Waals surface area contributed by atoms with E-state index in [1.54, 1.807) is 30.3 Å². The highest BCUT2D eigenvalue weighted by atomic mass is 32.2. The maximum atomic E-state index is 12.4. The van der Waals surface area contributed by atoms with Gasteiger partial charge in [0.1, 0.15) is 0 Å². The summed E-state index contributed by atoms with van der Waals surface area (Å²) in [5.41, 5.74) is 0.930. The molecule has 0 aliphatic carbocycles. The molecule has 0 unspecified atom stereocenters. The van der Waals surface area contributed by atoms with E-state index >= 15 is 0 Å². The number of hydrogen-bond acceptors (Lipinski definition) is 4. The molecule has 0 aliphatic heterocycles. The van der Waals surface area contributed by atoms with Crippen LogP contribution in [0.4, 0.5) is 0 Å². The number of carbonyl (C=O) groups is 1. The second kappa shape index (κ2) is 6.75. The highest BCUT2D eigenvalue weighted by molar-refractivity contribution is 7.91. The zero-order valence-corrected chi connectivity index (χ0v) is 14.8. The quantitative estimate of drug-likeness (QED) is 0.759. The van der Waals surface area contributed by atoms with Crippen LogP contribution in [0.3, 0.4) is 0 Å². The van der Waals surface area contributed by atoms with Gasteiger partial charge in [-0.1, -0.05) is 36.4 Å². The van der Waals surface area contributed by atoms with Crippen molar-refractivity contribution in [3.05, 3.63) is 65.0 Å². The molecule has 1 heterocycles. The van der Waals surface area contributed by atoms with Gasteiger partial charge in [-0.05, 0) is 36.1 Å². The van der Waals surface area contributed by atoms with Gasteiger partial charge in [-0.3, -0.25) is 4.79 Å². The van der Waals surface area contributed by atoms with Crippen molar-refractivity contribution in [2.45, 2.75) is 11.8 Å². The zero-order chi connectivity index (χ0) is 17.2. The van der Waals surface area contributed by atoms with Gasteiger partial charge in [0, 0.05) is 11.2 Å². The van der Waals surface area contributed by atoms with Gasteiger partial charge in [0.05, 0.1) is 15.5 Å². The van der Waals surface area contributed by atoms with Crippen LogP contribution in [-0.2, 0) is 9.84 Å². The Bertz CT molecular complexity index is 976. The average molecular weight is 359 g/mol. The minimum absolute atomic E-state index is 0.0870. The molecule has 4 nitrogen and oxygen atoms in total. The topological polar surface area (TPSA) is 63.2 Å². The lowest BCUT2D eigenvalue weighted by molar-refractivity contribution is 0.0959. The van der Waals surface area contributed by atoms with Crippen molar-refractivity contribution in [2.24, 2.45) is 0 Å². The molecular weight excluding hydrogens is 342 g/mol. The molecule has 6 heteroatoms. The third-order valence-electron chi connectivity index (χ3n) is 3.81. The lowest BCUT2D eigenvalue weighted by atomic mass is 10.1. The number of hydrogen-bond donors (Lipinski definition) is 1. The van der Waals surface area contributed by atoms with Crippen molar-refractivity contribution in [1.82, 2.24) is 5.32 Å². The molecule has 1 aromatic heterocycles. The van der Waals surface area contributed by atoms with E-state index in [9.17, 15) is 13.2 Å². The number of thiophene rings is 1. The number of carbonyl (C=O) groups excluding carboxylic acids is 1. The highest BCUT2D eigenvalue weighted by Crippen LogP contribution is 2.30. The monoisotopic (exact) mass is 359 g/mol. The number of rotatable bonds is 5. The van der Waals surface area contributed by atoms with Gasteiger partial charge in [-0.15, -0.1) is 11.3 Å². The maximum Gasteiger partial charge on any atom is 0.261 e. The molecule has 0 bridgehead atoms. The summed E-state index contributed by atoms with van der Waals surface area (Å²) in [4.78, 5) is 13.3. The molecular formula is C18H17NO3S2. The first-order valence-corrected chi connectivity index (χ1v) is 10.00. The summed E-state index contributed by atoms with van der Waals surface area (Å²) in [6, 6.07) is 16.1. The number of nitrogens with one attached hydrogen (secondary N) is 1. The van der Waals surface area contributed by atoms with Gasteiger partial charge in [0.15, 0.2) is 9.84 Å². The third kappa shape index (κ3) is 3.34. The minimum atomic E-state index is -3.38. The van der Waals surface area contributed by atoms with Gasteiger partial charge in [0.2, 0.25) is 0 Å².